The third-order valence-corrected chi connectivity index (χ3v) is 9.21. The standard InChI is InChI=1S/C42H49N7O5/c1-4-5-6-9-27-53-42(52)47-40(43)31-14-18-34(19-15-31)45-24-26-48(3)37-21-17-33(29-36(37)44-2)41(51)49(38-13-7-8-23-46-38)25-22-39(50)54-35-20-16-30-11-10-12-32(30)28-35/h7-8,13-21,23,28-29,45H,2,4-6,9-12,22,24-27H2,1,3H3,(H2,43,47,52). The van der Waals surface area contributed by atoms with E-state index in [2.05, 4.69) is 33.9 Å². The summed E-state index contributed by atoms with van der Waals surface area (Å²) in [5.41, 5.74) is 11.8. The van der Waals surface area contributed by atoms with Crippen LogP contribution in [0.3, 0.4) is 0 Å². The van der Waals surface area contributed by atoms with Crippen LogP contribution in [0.25, 0.3) is 0 Å². The van der Waals surface area contributed by atoms with Crippen molar-refractivity contribution in [3.8, 4) is 5.75 Å². The van der Waals surface area contributed by atoms with Gasteiger partial charge in [-0.1, -0.05) is 38.3 Å². The number of esters is 1. The van der Waals surface area contributed by atoms with Crippen molar-refractivity contribution in [1.29, 1.82) is 0 Å². The molecule has 0 radical (unpaired) electrons. The highest BCUT2D eigenvalue weighted by molar-refractivity contribution is 6.07. The van der Waals surface area contributed by atoms with E-state index in [9.17, 15) is 14.4 Å². The molecule has 282 valence electrons. The molecule has 0 aliphatic heterocycles. The normalized spacial score (nSPS) is 12.1. The first-order valence-corrected chi connectivity index (χ1v) is 18.5. The molecule has 12 heteroatoms. The summed E-state index contributed by atoms with van der Waals surface area (Å²) in [6, 6.07) is 23.7. The van der Waals surface area contributed by atoms with Gasteiger partial charge in [0.2, 0.25) is 0 Å². The summed E-state index contributed by atoms with van der Waals surface area (Å²) in [6.45, 7) is 7.49. The Kier molecular flexibility index (Phi) is 14.3. The topological polar surface area (TPSA) is 152 Å². The Bertz CT molecular complexity index is 1930. The smallest absolute Gasteiger partial charge is 0.435 e. The first kappa shape index (κ1) is 39.2. The molecule has 0 atom stereocenters. The number of amides is 2. The molecule has 2 amide bonds. The van der Waals surface area contributed by atoms with Gasteiger partial charge in [0.25, 0.3) is 5.91 Å². The Balaban J connectivity index is 1.15. The number of aryl methyl sites for hydroxylation is 2. The van der Waals surface area contributed by atoms with E-state index in [1.165, 1.54) is 16.0 Å². The molecule has 54 heavy (non-hydrogen) atoms. The number of nitrogens with two attached hydrogens (primary N) is 1. The van der Waals surface area contributed by atoms with Crippen LogP contribution in [0, 0.1) is 0 Å². The number of likely N-dealkylation sites (N-methyl/N-ethyl adjacent to an activating group) is 1. The molecule has 5 rings (SSSR count). The number of benzene rings is 3. The molecular formula is C42H49N7O5. The van der Waals surface area contributed by atoms with Crippen molar-refractivity contribution in [1.82, 2.24) is 4.98 Å². The van der Waals surface area contributed by atoms with E-state index < -0.39 is 12.1 Å². The number of amidine groups is 1. The predicted octanol–water partition coefficient (Wildman–Crippen LogP) is 7.52. The number of pyridine rings is 1. The number of aromatic nitrogens is 1. The molecule has 0 unspecified atom stereocenters. The average Bonchev–Trinajstić information content (AvgIpc) is 3.66. The van der Waals surface area contributed by atoms with Gasteiger partial charge in [-0.3, -0.25) is 19.5 Å². The minimum Gasteiger partial charge on any atom is -0.448 e. The van der Waals surface area contributed by atoms with Gasteiger partial charge in [-0.25, -0.2) is 9.78 Å². The van der Waals surface area contributed by atoms with E-state index in [-0.39, 0.29) is 24.7 Å². The summed E-state index contributed by atoms with van der Waals surface area (Å²) in [5, 5.41) is 3.38. The second-order valence-electron chi connectivity index (χ2n) is 13.1. The molecule has 0 saturated carbocycles. The van der Waals surface area contributed by atoms with Crippen LogP contribution in [0.15, 0.2) is 95.0 Å². The number of nitrogens with one attached hydrogen (secondary N) is 1. The third-order valence-electron chi connectivity index (χ3n) is 9.21. The van der Waals surface area contributed by atoms with E-state index in [1.807, 2.05) is 48.3 Å². The van der Waals surface area contributed by atoms with Crippen LogP contribution in [0.5, 0.6) is 5.75 Å². The van der Waals surface area contributed by atoms with E-state index in [1.54, 1.807) is 48.7 Å². The lowest BCUT2D eigenvalue weighted by atomic mass is 10.1. The number of rotatable bonds is 18. The number of hydrogen-bond acceptors (Lipinski definition) is 9. The second-order valence-corrected chi connectivity index (χ2v) is 13.1. The second kappa shape index (κ2) is 19.7. The maximum absolute atomic E-state index is 13.9. The van der Waals surface area contributed by atoms with E-state index in [4.69, 9.17) is 15.2 Å². The van der Waals surface area contributed by atoms with Crippen LogP contribution in [0.1, 0.15) is 72.5 Å². The number of fused-ring (bicyclic) bond motifs is 1. The predicted molar refractivity (Wildman–Crippen MR) is 215 cm³/mol. The summed E-state index contributed by atoms with van der Waals surface area (Å²) in [6.07, 6.45) is 8.08. The van der Waals surface area contributed by atoms with Crippen molar-refractivity contribution < 1.29 is 23.9 Å². The maximum atomic E-state index is 13.9. The number of aliphatic imine (C=N–C) groups is 2. The van der Waals surface area contributed by atoms with Crippen molar-refractivity contribution in [3.05, 3.63) is 107 Å². The molecule has 1 aliphatic rings. The number of hydrogen-bond donors (Lipinski definition) is 2. The Hall–Kier alpha value is -6.04. The Morgan fingerprint density at radius 3 is 2.48 bits per heavy atom. The number of nitrogens with zero attached hydrogens (tertiary/aromatic N) is 5. The lowest BCUT2D eigenvalue weighted by Crippen LogP contribution is -2.34. The molecule has 0 fully saturated rings. The van der Waals surface area contributed by atoms with Crippen molar-refractivity contribution in [2.75, 3.05) is 48.4 Å². The third kappa shape index (κ3) is 11.0. The fraction of sp³-hybridized carbons (Fsp3) is 0.333. The zero-order chi connectivity index (χ0) is 38.3. The first-order chi connectivity index (χ1) is 26.2. The van der Waals surface area contributed by atoms with Gasteiger partial charge in [-0.2, -0.15) is 4.99 Å². The molecule has 0 saturated heterocycles. The Morgan fingerprint density at radius 2 is 1.72 bits per heavy atom. The Labute approximate surface area is 317 Å². The number of unbranched alkanes of at least 4 members (excludes halogenated alkanes) is 3. The molecule has 0 spiro atoms. The summed E-state index contributed by atoms with van der Waals surface area (Å²) < 4.78 is 10.8. The molecule has 4 aromatic rings. The molecular weight excluding hydrogens is 683 g/mol. The fourth-order valence-corrected chi connectivity index (χ4v) is 6.22. The van der Waals surface area contributed by atoms with E-state index in [0.717, 1.165) is 56.3 Å². The van der Waals surface area contributed by atoms with Crippen molar-refractivity contribution in [2.24, 2.45) is 15.7 Å². The van der Waals surface area contributed by atoms with Gasteiger partial charge in [-0.05, 0) is 110 Å². The molecule has 3 aromatic carbocycles. The molecule has 0 bridgehead atoms. The molecule has 1 aliphatic carbocycles. The van der Waals surface area contributed by atoms with Gasteiger partial charge >= 0.3 is 12.1 Å². The highest BCUT2D eigenvalue weighted by Gasteiger charge is 2.22. The zero-order valence-electron chi connectivity index (χ0n) is 31.1. The average molecular weight is 732 g/mol. The zero-order valence-corrected chi connectivity index (χ0v) is 31.1. The maximum Gasteiger partial charge on any atom is 0.435 e. The summed E-state index contributed by atoms with van der Waals surface area (Å²) >= 11 is 0. The van der Waals surface area contributed by atoms with Crippen LogP contribution in [0.4, 0.5) is 27.7 Å². The van der Waals surface area contributed by atoms with Gasteiger partial charge in [0.05, 0.1) is 24.4 Å². The highest BCUT2D eigenvalue weighted by atomic mass is 16.5. The van der Waals surface area contributed by atoms with Crippen LogP contribution < -0.4 is 25.6 Å². The lowest BCUT2D eigenvalue weighted by molar-refractivity contribution is -0.134. The molecule has 1 heterocycles. The lowest BCUT2D eigenvalue weighted by Gasteiger charge is -2.24. The largest absolute Gasteiger partial charge is 0.448 e. The van der Waals surface area contributed by atoms with Crippen molar-refractivity contribution in [2.45, 2.75) is 58.3 Å². The summed E-state index contributed by atoms with van der Waals surface area (Å²) in [5.74, 6) is 0.285. The SMILES string of the molecule is C=Nc1cc(C(=O)N(CCC(=O)Oc2ccc3c(c2)CCC3)c2ccccn2)ccc1N(C)CCNc1ccc(/C(N)=N/C(=O)OCCCCCC)cc1. The minimum absolute atomic E-state index is 0.0165. The fourth-order valence-electron chi connectivity index (χ4n) is 6.22. The number of carbonyl (C=O) groups excluding carboxylic acids is 3. The van der Waals surface area contributed by atoms with E-state index >= 15 is 0 Å². The van der Waals surface area contributed by atoms with Crippen molar-refractivity contribution >= 4 is 53.4 Å². The van der Waals surface area contributed by atoms with Gasteiger partial charge < -0.3 is 25.4 Å². The minimum atomic E-state index is -0.686. The van der Waals surface area contributed by atoms with Crippen LogP contribution in [0.2, 0.25) is 0 Å². The summed E-state index contributed by atoms with van der Waals surface area (Å²) in [7, 11) is 1.93. The Morgan fingerprint density at radius 1 is 0.926 bits per heavy atom. The number of ether oxygens (including phenoxy) is 2. The summed E-state index contributed by atoms with van der Waals surface area (Å²) in [4.78, 5) is 54.8. The van der Waals surface area contributed by atoms with Gasteiger partial charge in [0.15, 0.2) is 0 Å². The molecule has 12 nitrogen and oxygen atoms in total. The van der Waals surface area contributed by atoms with Crippen LogP contribution in [-0.4, -0.2) is 68.8 Å². The quantitative estimate of drug-likeness (QED) is 0.0348. The number of carbonyl (C=O) groups is 3. The van der Waals surface area contributed by atoms with E-state index in [0.29, 0.717) is 48.1 Å². The molecule has 1 aromatic heterocycles. The van der Waals surface area contributed by atoms with Crippen LogP contribution >= 0.6 is 0 Å². The highest BCUT2D eigenvalue weighted by Crippen LogP contribution is 2.30. The van der Waals surface area contributed by atoms with Crippen LogP contribution in [-0.2, 0) is 22.4 Å². The van der Waals surface area contributed by atoms with Gasteiger partial charge in [0.1, 0.15) is 17.4 Å². The van der Waals surface area contributed by atoms with Gasteiger partial charge in [0, 0.05) is 49.7 Å². The number of anilines is 3. The first-order valence-electron chi connectivity index (χ1n) is 18.5. The monoisotopic (exact) mass is 731 g/mol. The van der Waals surface area contributed by atoms with Gasteiger partial charge in [-0.15, -0.1) is 0 Å². The van der Waals surface area contributed by atoms with Crippen molar-refractivity contribution in [3.63, 3.8) is 0 Å². The molecule has 3 N–H and O–H groups in total.